The van der Waals surface area contributed by atoms with E-state index in [2.05, 4.69) is 6.58 Å². The smallest absolute Gasteiger partial charge is 0.313 e. The standard InChI is InChI=1S/C13H16O2/c1-3-13(2,12(14)15)10-9-11-7-5-4-6-8-11/h3-8H,1,9-10H2,2H3,(H,14,15)/t13-/m0/s1. The lowest BCUT2D eigenvalue weighted by molar-refractivity contribution is -0.145. The Morgan fingerprint density at radius 3 is 2.53 bits per heavy atom. The summed E-state index contributed by atoms with van der Waals surface area (Å²) >= 11 is 0. The number of benzene rings is 1. The molecule has 1 rings (SSSR count). The van der Waals surface area contributed by atoms with Crippen LogP contribution in [0.4, 0.5) is 0 Å². The average Bonchev–Trinajstić information content (AvgIpc) is 2.27. The first kappa shape index (κ1) is 11.5. The molecule has 0 aliphatic rings. The van der Waals surface area contributed by atoms with Crippen molar-refractivity contribution in [3.05, 3.63) is 48.6 Å². The molecule has 80 valence electrons. The summed E-state index contributed by atoms with van der Waals surface area (Å²) in [7, 11) is 0. The summed E-state index contributed by atoms with van der Waals surface area (Å²) < 4.78 is 0. The normalized spacial score (nSPS) is 14.2. The van der Waals surface area contributed by atoms with E-state index in [1.54, 1.807) is 6.92 Å². The van der Waals surface area contributed by atoms with Crippen LogP contribution in [0.25, 0.3) is 0 Å². The van der Waals surface area contributed by atoms with Gasteiger partial charge in [0.25, 0.3) is 0 Å². The lowest BCUT2D eigenvalue weighted by Gasteiger charge is -2.19. The molecule has 0 saturated carbocycles. The van der Waals surface area contributed by atoms with Crippen molar-refractivity contribution < 1.29 is 9.90 Å². The fourth-order valence-electron chi connectivity index (χ4n) is 1.34. The van der Waals surface area contributed by atoms with Crippen molar-refractivity contribution in [2.24, 2.45) is 5.41 Å². The summed E-state index contributed by atoms with van der Waals surface area (Å²) in [6.07, 6.45) is 2.85. The number of carboxylic acids is 1. The van der Waals surface area contributed by atoms with Crippen molar-refractivity contribution in [3.8, 4) is 0 Å². The Kier molecular flexibility index (Phi) is 3.67. The van der Waals surface area contributed by atoms with Crippen molar-refractivity contribution in [3.63, 3.8) is 0 Å². The third-order valence-electron chi connectivity index (χ3n) is 2.71. The second kappa shape index (κ2) is 4.78. The zero-order valence-corrected chi connectivity index (χ0v) is 8.94. The van der Waals surface area contributed by atoms with Gasteiger partial charge in [0.1, 0.15) is 0 Å². The van der Waals surface area contributed by atoms with E-state index in [4.69, 9.17) is 5.11 Å². The van der Waals surface area contributed by atoms with Gasteiger partial charge in [-0.05, 0) is 25.3 Å². The molecule has 0 unspecified atom stereocenters. The van der Waals surface area contributed by atoms with Crippen LogP contribution in [0.15, 0.2) is 43.0 Å². The van der Waals surface area contributed by atoms with E-state index in [-0.39, 0.29) is 0 Å². The maximum Gasteiger partial charge on any atom is 0.313 e. The Balaban J connectivity index is 2.63. The van der Waals surface area contributed by atoms with E-state index in [9.17, 15) is 4.79 Å². The van der Waals surface area contributed by atoms with Gasteiger partial charge in [-0.25, -0.2) is 0 Å². The highest BCUT2D eigenvalue weighted by Crippen LogP contribution is 2.25. The molecule has 0 amide bonds. The molecule has 0 radical (unpaired) electrons. The van der Waals surface area contributed by atoms with Crippen LogP contribution < -0.4 is 0 Å². The summed E-state index contributed by atoms with van der Waals surface area (Å²) in [4.78, 5) is 11.0. The quantitative estimate of drug-likeness (QED) is 0.749. The number of hydrogen-bond donors (Lipinski definition) is 1. The fraction of sp³-hybridized carbons (Fsp3) is 0.308. The van der Waals surface area contributed by atoms with Gasteiger partial charge in [-0.15, -0.1) is 6.58 Å². The molecular formula is C13H16O2. The summed E-state index contributed by atoms with van der Waals surface area (Å²) in [5.41, 5.74) is 0.336. The second-order valence-electron chi connectivity index (χ2n) is 3.91. The number of carbonyl (C=O) groups is 1. The molecule has 1 atom stereocenters. The van der Waals surface area contributed by atoms with Crippen LogP contribution in [0.3, 0.4) is 0 Å². The average molecular weight is 204 g/mol. The first-order chi connectivity index (χ1) is 7.08. The minimum atomic E-state index is -0.824. The molecule has 0 bridgehead atoms. The van der Waals surface area contributed by atoms with Crippen LogP contribution in [-0.2, 0) is 11.2 Å². The van der Waals surface area contributed by atoms with Crippen molar-refractivity contribution in [2.75, 3.05) is 0 Å². The number of rotatable bonds is 5. The van der Waals surface area contributed by atoms with Crippen LogP contribution in [0.2, 0.25) is 0 Å². The molecule has 1 N–H and O–H groups in total. The minimum absolute atomic E-state index is 0.579. The summed E-state index contributed by atoms with van der Waals surface area (Å²) in [6.45, 7) is 5.29. The van der Waals surface area contributed by atoms with Gasteiger partial charge in [-0.3, -0.25) is 4.79 Å². The topological polar surface area (TPSA) is 37.3 Å². The highest BCUT2D eigenvalue weighted by Gasteiger charge is 2.28. The van der Waals surface area contributed by atoms with E-state index in [1.807, 2.05) is 30.3 Å². The van der Waals surface area contributed by atoms with Crippen molar-refractivity contribution in [2.45, 2.75) is 19.8 Å². The molecule has 0 aromatic heterocycles. The van der Waals surface area contributed by atoms with Crippen LogP contribution in [0, 0.1) is 5.41 Å². The Bertz CT molecular complexity index is 343. The maximum absolute atomic E-state index is 11.0. The Labute approximate surface area is 90.3 Å². The minimum Gasteiger partial charge on any atom is -0.481 e. The fourth-order valence-corrected chi connectivity index (χ4v) is 1.34. The molecule has 0 aliphatic heterocycles. The number of carboxylic acid groups (broad SMARTS) is 1. The molecular weight excluding hydrogens is 188 g/mol. The number of aryl methyl sites for hydroxylation is 1. The Morgan fingerprint density at radius 2 is 2.07 bits per heavy atom. The van der Waals surface area contributed by atoms with Crippen molar-refractivity contribution >= 4 is 5.97 Å². The van der Waals surface area contributed by atoms with E-state index in [1.165, 1.54) is 6.08 Å². The van der Waals surface area contributed by atoms with Crippen molar-refractivity contribution in [1.29, 1.82) is 0 Å². The molecule has 0 aliphatic carbocycles. The van der Waals surface area contributed by atoms with Crippen LogP contribution in [0.1, 0.15) is 18.9 Å². The van der Waals surface area contributed by atoms with Gasteiger partial charge in [0.15, 0.2) is 0 Å². The van der Waals surface area contributed by atoms with Crippen LogP contribution in [-0.4, -0.2) is 11.1 Å². The molecule has 0 fully saturated rings. The monoisotopic (exact) mass is 204 g/mol. The van der Waals surface area contributed by atoms with E-state index in [0.29, 0.717) is 6.42 Å². The zero-order valence-electron chi connectivity index (χ0n) is 8.94. The molecule has 0 heterocycles. The van der Waals surface area contributed by atoms with Crippen LogP contribution in [0.5, 0.6) is 0 Å². The molecule has 0 saturated heterocycles. The van der Waals surface area contributed by atoms with Gasteiger partial charge in [0.05, 0.1) is 5.41 Å². The predicted octanol–water partition coefficient (Wildman–Crippen LogP) is 2.90. The summed E-state index contributed by atoms with van der Waals surface area (Å²) in [5, 5.41) is 9.04. The zero-order chi connectivity index (χ0) is 11.3. The van der Waals surface area contributed by atoms with Gasteiger partial charge in [0.2, 0.25) is 0 Å². The third kappa shape index (κ3) is 2.94. The third-order valence-corrected chi connectivity index (χ3v) is 2.71. The number of aliphatic carboxylic acids is 1. The first-order valence-electron chi connectivity index (χ1n) is 4.99. The lowest BCUT2D eigenvalue weighted by atomic mass is 9.84. The first-order valence-corrected chi connectivity index (χ1v) is 4.99. The Morgan fingerprint density at radius 1 is 1.47 bits per heavy atom. The lowest BCUT2D eigenvalue weighted by Crippen LogP contribution is -2.25. The predicted molar refractivity (Wildman–Crippen MR) is 60.7 cm³/mol. The summed E-state index contributed by atoms with van der Waals surface area (Å²) in [6, 6.07) is 9.88. The SMILES string of the molecule is C=C[C@@](C)(CCc1ccccc1)C(=O)O. The molecule has 1 aromatic carbocycles. The highest BCUT2D eigenvalue weighted by atomic mass is 16.4. The van der Waals surface area contributed by atoms with Gasteiger partial charge in [-0.2, -0.15) is 0 Å². The molecule has 15 heavy (non-hydrogen) atoms. The molecule has 2 heteroatoms. The van der Waals surface area contributed by atoms with E-state index >= 15 is 0 Å². The highest BCUT2D eigenvalue weighted by molar-refractivity contribution is 5.76. The van der Waals surface area contributed by atoms with Gasteiger partial charge < -0.3 is 5.11 Å². The summed E-state index contributed by atoms with van der Waals surface area (Å²) in [5.74, 6) is -0.812. The van der Waals surface area contributed by atoms with Gasteiger partial charge in [-0.1, -0.05) is 36.4 Å². The molecule has 1 aromatic rings. The largest absolute Gasteiger partial charge is 0.481 e. The Hall–Kier alpha value is -1.57. The van der Waals surface area contributed by atoms with Crippen molar-refractivity contribution in [1.82, 2.24) is 0 Å². The number of hydrogen-bond acceptors (Lipinski definition) is 1. The van der Waals surface area contributed by atoms with Gasteiger partial charge >= 0.3 is 5.97 Å². The van der Waals surface area contributed by atoms with E-state index in [0.717, 1.165) is 12.0 Å². The maximum atomic E-state index is 11.0. The van der Waals surface area contributed by atoms with E-state index < -0.39 is 11.4 Å². The molecule has 0 spiro atoms. The second-order valence-corrected chi connectivity index (χ2v) is 3.91. The molecule has 2 nitrogen and oxygen atoms in total. The van der Waals surface area contributed by atoms with Crippen LogP contribution >= 0.6 is 0 Å². The van der Waals surface area contributed by atoms with Gasteiger partial charge in [0, 0.05) is 0 Å².